The fraction of sp³-hybridized carbons (Fsp3) is 0.143. The van der Waals surface area contributed by atoms with E-state index in [1.54, 1.807) is 12.1 Å². The van der Waals surface area contributed by atoms with Crippen LogP contribution in [-0.4, -0.2) is 0 Å². The lowest BCUT2D eigenvalue weighted by atomic mass is 10.2. The SMILES string of the molecule is Fc1ccc(Br)cc1CNCc1cc(Br)ccc1Cl. The maximum Gasteiger partial charge on any atom is 0.127 e. The van der Waals surface area contributed by atoms with Gasteiger partial charge in [0.05, 0.1) is 0 Å². The Kier molecular flexibility index (Phi) is 5.39. The molecule has 0 unspecified atom stereocenters. The first-order valence-electron chi connectivity index (χ1n) is 5.65. The van der Waals surface area contributed by atoms with E-state index in [2.05, 4.69) is 37.2 Å². The highest BCUT2D eigenvalue weighted by Gasteiger charge is 2.04. The molecule has 1 N–H and O–H groups in total. The summed E-state index contributed by atoms with van der Waals surface area (Å²) in [5.74, 6) is -0.212. The second kappa shape index (κ2) is 6.84. The smallest absolute Gasteiger partial charge is 0.127 e. The van der Waals surface area contributed by atoms with Crippen LogP contribution < -0.4 is 5.32 Å². The van der Waals surface area contributed by atoms with Crippen molar-refractivity contribution in [3.05, 3.63) is 67.3 Å². The maximum atomic E-state index is 13.5. The maximum absolute atomic E-state index is 13.5. The first-order chi connectivity index (χ1) is 9.06. The van der Waals surface area contributed by atoms with Crippen LogP contribution in [0.3, 0.4) is 0 Å². The summed E-state index contributed by atoms with van der Waals surface area (Å²) in [7, 11) is 0. The van der Waals surface area contributed by atoms with Gasteiger partial charge in [-0.15, -0.1) is 0 Å². The highest BCUT2D eigenvalue weighted by atomic mass is 79.9. The molecule has 0 heterocycles. The fourth-order valence-electron chi connectivity index (χ4n) is 1.69. The first kappa shape index (κ1) is 15.0. The minimum Gasteiger partial charge on any atom is -0.308 e. The topological polar surface area (TPSA) is 12.0 Å². The molecule has 0 atom stereocenters. The van der Waals surface area contributed by atoms with Gasteiger partial charge in [-0.05, 0) is 42.0 Å². The van der Waals surface area contributed by atoms with Crippen LogP contribution >= 0.6 is 43.5 Å². The second-order valence-electron chi connectivity index (χ2n) is 4.08. The van der Waals surface area contributed by atoms with Crippen molar-refractivity contribution in [2.45, 2.75) is 13.1 Å². The van der Waals surface area contributed by atoms with Gasteiger partial charge in [0.25, 0.3) is 0 Å². The minimum atomic E-state index is -0.212. The van der Waals surface area contributed by atoms with Gasteiger partial charge in [0.1, 0.15) is 5.82 Å². The van der Waals surface area contributed by atoms with E-state index in [9.17, 15) is 4.39 Å². The minimum absolute atomic E-state index is 0.212. The van der Waals surface area contributed by atoms with Crippen LogP contribution in [0.15, 0.2) is 45.3 Å². The predicted octanol–water partition coefficient (Wildman–Crippen LogP) is 5.29. The predicted molar refractivity (Wildman–Crippen MR) is 83.8 cm³/mol. The summed E-state index contributed by atoms with van der Waals surface area (Å²) in [4.78, 5) is 0. The summed E-state index contributed by atoms with van der Waals surface area (Å²) in [5.41, 5.74) is 1.60. The van der Waals surface area contributed by atoms with Crippen LogP contribution in [0.4, 0.5) is 4.39 Å². The van der Waals surface area contributed by atoms with E-state index in [4.69, 9.17) is 11.6 Å². The molecule has 0 fully saturated rings. The summed E-state index contributed by atoms with van der Waals surface area (Å²) in [6, 6.07) is 10.6. The first-order valence-corrected chi connectivity index (χ1v) is 7.61. The van der Waals surface area contributed by atoms with E-state index in [1.807, 2.05) is 18.2 Å². The van der Waals surface area contributed by atoms with E-state index >= 15 is 0 Å². The van der Waals surface area contributed by atoms with Gasteiger partial charge in [-0.25, -0.2) is 4.39 Å². The third-order valence-electron chi connectivity index (χ3n) is 2.65. The molecular formula is C14H11Br2ClFN. The van der Waals surface area contributed by atoms with E-state index in [0.717, 1.165) is 14.5 Å². The average molecular weight is 408 g/mol. The Balaban J connectivity index is 2.00. The Morgan fingerprint density at radius 2 is 1.53 bits per heavy atom. The molecule has 0 saturated carbocycles. The molecule has 2 rings (SSSR count). The molecule has 100 valence electrons. The molecule has 0 aliphatic heterocycles. The third-order valence-corrected chi connectivity index (χ3v) is 4.00. The molecule has 5 heteroatoms. The lowest BCUT2D eigenvalue weighted by molar-refractivity contribution is 0.587. The van der Waals surface area contributed by atoms with E-state index < -0.39 is 0 Å². The van der Waals surface area contributed by atoms with Crippen LogP contribution in [0.25, 0.3) is 0 Å². The number of hydrogen-bond donors (Lipinski definition) is 1. The Morgan fingerprint density at radius 3 is 2.26 bits per heavy atom. The van der Waals surface area contributed by atoms with E-state index in [0.29, 0.717) is 23.7 Å². The molecule has 19 heavy (non-hydrogen) atoms. The Bertz CT molecular complexity index is 538. The van der Waals surface area contributed by atoms with Crippen molar-refractivity contribution >= 4 is 43.5 Å². The standard InChI is InChI=1S/C14H11Br2ClFN/c15-11-1-3-13(17)9(5-11)7-19-8-10-6-12(16)2-4-14(10)18/h1-6,19H,7-8H2. The number of benzene rings is 2. The van der Waals surface area contributed by atoms with Gasteiger partial charge in [-0.2, -0.15) is 0 Å². The highest BCUT2D eigenvalue weighted by Crippen LogP contribution is 2.21. The Morgan fingerprint density at radius 1 is 0.947 bits per heavy atom. The van der Waals surface area contributed by atoms with Gasteiger partial charge in [0.15, 0.2) is 0 Å². The summed E-state index contributed by atoms with van der Waals surface area (Å²) in [6.07, 6.45) is 0. The van der Waals surface area contributed by atoms with Crippen molar-refractivity contribution in [3.63, 3.8) is 0 Å². The molecule has 0 aliphatic rings. The molecule has 0 aliphatic carbocycles. The van der Waals surface area contributed by atoms with Crippen molar-refractivity contribution in [3.8, 4) is 0 Å². The normalized spacial score (nSPS) is 10.7. The molecular weight excluding hydrogens is 396 g/mol. The number of hydrogen-bond acceptors (Lipinski definition) is 1. The lowest BCUT2D eigenvalue weighted by Crippen LogP contribution is -2.14. The zero-order valence-electron chi connectivity index (χ0n) is 9.89. The molecule has 0 radical (unpaired) electrons. The molecule has 2 aromatic rings. The highest BCUT2D eigenvalue weighted by molar-refractivity contribution is 9.10. The van der Waals surface area contributed by atoms with E-state index in [-0.39, 0.29) is 5.82 Å². The largest absolute Gasteiger partial charge is 0.308 e. The molecule has 0 saturated heterocycles. The van der Waals surface area contributed by atoms with Gasteiger partial charge >= 0.3 is 0 Å². The van der Waals surface area contributed by atoms with Crippen LogP contribution in [0.1, 0.15) is 11.1 Å². The van der Waals surface area contributed by atoms with Gasteiger partial charge in [0.2, 0.25) is 0 Å². The fourth-order valence-corrected chi connectivity index (χ4v) is 2.69. The summed E-state index contributed by atoms with van der Waals surface area (Å²) in [6.45, 7) is 1.04. The van der Waals surface area contributed by atoms with E-state index in [1.165, 1.54) is 6.07 Å². The average Bonchev–Trinajstić information content (AvgIpc) is 2.38. The van der Waals surface area contributed by atoms with Crippen LogP contribution in [0.5, 0.6) is 0 Å². The lowest BCUT2D eigenvalue weighted by Gasteiger charge is -2.08. The van der Waals surface area contributed by atoms with Crippen molar-refractivity contribution in [2.24, 2.45) is 0 Å². The number of halogens is 4. The summed E-state index contributed by atoms with van der Waals surface area (Å²) < 4.78 is 15.4. The van der Waals surface area contributed by atoms with Gasteiger partial charge in [0, 0.05) is 32.6 Å². The van der Waals surface area contributed by atoms with Crippen molar-refractivity contribution in [1.29, 1.82) is 0 Å². The van der Waals surface area contributed by atoms with Crippen LogP contribution in [0, 0.1) is 5.82 Å². The zero-order chi connectivity index (χ0) is 13.8. The Labute approximate surface area is 133 Å². The molecule has 0 spiro atoms. The van der Waals surface area contributed by atoms with Crippen molar-refractivity contribution in [2.75, 3.05) is 0 Å². The van der Waals surface area contributed by atoms with Crippen LogP contribution in [-0.2, 0) is 13.1 Å². The molecule has 1 nitrogen and oxygen atoms in total. The molecule has 0 aromatic heterocycles. The zero-order valence-corrected chi connectivity index (χ0v) is 13.8. The van der Waals surface area contributed by atoms with Crippen molar-refractivity contribution in [1.82, 2.24) is 5.32 Å². The van der Waals surface area contributed by atoms with Gasteiger partial charge in [-0.3, -0.25) is 0 Å². The quantitative estimate of drug-likeness (QED) is 0.726. The Hall–Kier alpha value is -0.420. The summed E-state index contributed by atoms with van der Waals surface area (Å²) in [5, 5.41) is 3.89. The van der Waals surface area contributed by atoms with Gasteiger partial charge in [-0.1, -0.05) is 43.5 Å². The number of nitrogens with one attached hydrogen (secondary N) is 1. The monoisotopic (exact) mass is 405 g/mol. The van der Waals surface area contributed by atoms with Crippen molar-refractivity contribution < 1.29 is 4.39 Å². The molecule has 0 bridgehead atoms. The van der Waals surface area contributed by atoms with Gasteiger partial charge < -0.3 is 5.32 Å². The third kappa shape index (κ3) is 4.28. The second-order valence-corrected chi connectivity index (χ2v) is 6.31. The molecule has 0 amide bonds. The molecule has 2 aromatic carbocycles. The number of rotatable bonds is 4. The van der Waals surface area contributed by atoms with Crippen LogP contribution in [0.2, 0.25) is 5.02 Å². The summed E-state index contributed by atoms with van der Waals surface area (Å²) >= 11 is 12.8.